The van der Waals surface area contributed by atoms with Crippen LogP contribution < -0.4 is 0 Å². The third-order valence-corrected chi connectivity index (χ3v) is 3.24. The van der Waals surface area contributed by atoms with Gasteiger partial charge in [0.05, 0.1) is 11.1 Å². The number of alkyl halides is 3. The number of hydrogen-bond donors (Lipinski definition) is 1. The number of ketones is 1. The van der Waals surface area contributed by atoms with Crippen molar-refractivity contribution in [3.05, 3.63) is 52.6 Å². The van der Waals surface area contributed by atoms with Crippen LogP contribution in [0.5, 0.6) is 0 Å². The Kier molecular flexibility index (Phi) is 4.66. The minimum Gasteiger partial charge on any atom is -0.504 e. The largest absolute Gasteiger partial charge is 0.504 e. The number of aliphatic hydroxyl groups is 1. The summed E-state index contributed by atoms with van der Waals surface area (Å²) in [6.45, 7) is 0. The molecule has 2 heterocycles. The number of carbonyl (C=O) groups is 1. The Hall–Kier alpha value is -2.55. The molecular weight excluding hydrogens is 319 g/mol. The van der Waals surface area contributed by atoms with E-state index in [4.69, 9.17) is 0 Å². The zero-order chi connectivity index (χ0) is 16.2. The van der Waals surface area contributed by atoms with E-state index in [2.05, 4.69) is 15.2 Å². The highest BCUT2D eigenvalue weighted by Gasteiger charge is 2.43. The third-order valence-electron chi connectivity index (χ3n) is 2.36. The first-order chi connectivity index (χ1) is 10.4. The molecule has 2 aromatic rings. The van der Waals surface area contributed by atoms with E-state index >= 15 is 0 Å². The average Bonchev–Trinajstić information content (AvgIpc) is 3.01. The Morgan fingerprint density at radius 2 is 2.05 bits per heavy atom. The van der Waals surface area contributed by atoms with Gasteiger partial charge in [-0.2, -0.15) is 13.2 Å². The summed E-state index contributed by atoms with van der Waals surface area (Å²) in [6.07, 6.45) is -2.48. The number of carbonyl (C=O) groups excluding carboxylic acids is 1. The fraction of sp³-hybridized carbons (Fsp3) is 0.0769. The number of pyridine rings is 1. The summed E-state index contributed by atoms with van der Waals surface area (Å²) in [6, 6.07) is 5.82. The topological polar surface area (TPSA) is 74.9 Å². The Labute approximate surface area is 126 Å². The monoisotopic (exact) mass is 327 g/mol. The van der Waals surface area contributed by atoms with E-state index in [1.165, 1.54) is 36.7 Å². The van der Waals surface area contributed by atoms with Crippen molar-refractivity contribution in [3.63, 3.8) is 0 Å². The third kappa shape index (κ3) is 3.76. The molecule has 0 saturated heterocycles. The molecule has 0 aliphatic heterocycles. The number of nitrogens with zero attached hydrogens (tertiary/aromatic N) is 3. The maximum absolute atomic E-state index is 12.6. The number of halogens is 3. The lowest BCUT2D eigenvalue weighted by Gasteiger charge is -2.06. The highest BCUT2D eigenvalue weighted by Crippen LogP contribution is 2.29. The molecule has 2 rings (SSSR count). The van der Waals surface area contributed by atoms with Gasteiger partial charge in [0.25, 0.3) is 5.78 Å². The molecule has 2 aromatic heterocycles. The molecule has 9 heteroatoms. The van der Waals surface area contributed by atoms with E-state index in [1.807, 2.05) is 0 Å². The Balaban J connectivity index is 2.45. The molecule has 0 amide bonds. The van der Waals surface area contributed by atoms with Crippen LogP contribution in [0.4, 0.5) is 18.9 Å². The maximum atomic E-state index is 12.6. The molecule has 0 atom stereocenters. The van der Waals surface area contributed by atoms with Gasteiger partial charge in [-0.05, 0) is 23.6 Å². The second-order valence-electron chi connectivity index (χ2n) is 3.91. The van der Waals surface area contributed by atoms with Gasteiger partial charge in [0.15, 0.2) is 11.5 Å². The van der Waals surface area contributed by atoms with Gasteiger partial charge in [-0.25, -0.2) is 0 Å². The van der Waals surface area contributed by atoms with Crippen molar-refractivity contribution in [1.82, 2.24) is 4.98 Å². The number of hydrogen-bond acceptors (Lipinski definition) is 6. The minimum absolute atomic E-state index is 0.0812. The molecule has 0 aliphatic carbocycles. The van der Waals surface area contributed by atoms with E-state index < -0.39 is 23.4 Å². The van der Waals surface area contributed by atoms with Crippen LogP contribution in [0.3, 0.4) is 0 Å². The first-order valence-corrected chi connectivity index (χ1v) is 6.68. The predicted octanol–water partition coefficient (Wildman–Crippen LogP) is 4.29. The second-order valence-corrected chi connectivity index (χ2v) is 4.86. The summed E-state index contributed by atoms with van der Waals surface area (Å²) in [4.78, 5) is 15.2. The molecule has 0 bridgehead atoms. The molecule has 0 spiro atoms. The van der Waals surface area contributed by atoms with Crippen LogP contribution in [-0.2, 0) is 4.79 Å². The molecule has 0 unspecified atom stereocenters. The molecule has 0 saturated carbocycles. The van der Waals surface area contributed by atoms with Crippen molar-refractivity contribution < 1.29 is 23.1 Å². The normalized spacial score (nSPS) is 13.2. The Bertz CT molecular complexity index is 710. The lowest BCUT2D eigenvalue weighted by Crippen LogP contribution is -2.24. The van der Waals surface area contributed by atoms with Gasteiger partial charge >= 0.3 is 6.18 Å². The van der Waals surface area contributed by atoms with Crippen LogP contribution >= 0.6 is 11.3 Å². The molecule has 0 radical (unpaired) electrons. The van der Waals surface area contributed by atoms with Crippen LogP contribution in [0.25, 0.3) is 5.76 Å². The molecule has 114 valence electrons. The number of aromatic nitrogens is 1. The lowest BCUT2D eigenvalue weighted by atomic mass is 10.2. The van der Waals surface area contributed by atoms with Crippen LogP contribution in [-0.4, -0.2) is 22.1 Å². The molecule has 0 fully saturated rings. The summed E-state index contributed by atoms with van der Waals surface area (Å²) in [5, 5.41) is 18.2. The van der Waals surface area contributed by atoms with Gasteiger partial charge in [-0.15, -0.1) is 21.6 Å². The number of azo groups is 1. The maximum Gasteiger partial charge on any atom is 0.456 e. The van der Waals surface area contributed by atoms with Crippen LogP contribution in [0.15, 0.2) is 58.0 Å². The zero-order valence-corrected chi connectivity index (χ0v) is 11.6. The smallest absolute Gasteiger partial charge is 0.456 e. The van der Waals surface area contributed by atoms with Crippen molar-refractivity contribution in [3.8, 4) is 0 Å². The molecule has 0 aliphatic rings. The first kappa shape index (κ1) is 15.8. The van der Waals surface area contributed by atoms with Gasteiger partial charge in [0, 0.05) is 6.20 Å². The van der Waals surface area contributed by atoms with Gasteiger partial charge in [0.1, 0.15) is 5.69 Å². The molecular formula is C13H8F3N3O2S. The Morgan fingerprint density at radius 1 is 1.27 bits per heavy atom. The number of Topliss-reactive ketones (excluding diaryl/α,β-unsaturated/α-hetero) is 1. The summed E-state index contributed by atoms with van der Waals surface area (Å²) in [5.74, 6) is -3.14. The van der Waals surface area contributed by atoms with Gasteiger partial charge in [-0.1, -0.05) is 6.07 Å². The fourth-order valence-electron chi connectivity index (χ4n) is 1.39. The van der Waals surface area contributed by atoms with E-state index in [1.54, 1.807) is 5.38 Å². The van der Waals surface area contributed by atoms with Crippen molar-refractivity contribution in [2.24, 2.45) is 10.2 Å². The van der Waals surface area contributed by atoms with Crippen molar-refractivity contribution in [1.29, 1.82) is 0 Å². The summed E-state index contributed by atoms with van der Waals surface area (Å²) >= 11 is 0.968. The summed E-state index contributed by atoms with van der Waals surface area (Å²) < 4.78 is 37.9. The number of aliphatic hydroxyl groups excluding tert-OH is 1. The van der Waals surface area contributed by atoms with Crippen molar-refractivity contribution in [2.45, 2.75) is 6.18 Å². The van der Waals surface area contributed by atoms with Gasteiger partial charge in [0.2, 0.25) is 0 Å². The molecule has 22 heavy (non-hydrogen) atoms. The quantitative estimate of drug-likeness (QED) is 0.517. The molecule has 0 aromatic carbocycles. The van der Waals surface area contributed by atoms with Crippen molar-refractivity contribution in [2.75, 3.05) is 0 Å². The van der Waals surface area contributed by atoms with Gasteiger partial charge in [-0.3, -0.25) is 9.78 Å². The highest BCUT2D eigenvalue weighted by molar-refractivity contribution is 7.11. The number of allylic oxidation sites excluding steroid dienone is 1. The second kappa shape index (κ2) is 6.48. The molecule has 1 N–H and O–H groups in total. The summed E-state index contributed by atoms with van der Waals surface area (Å²) in [5.41, 5.74) is -1.02. The van der Waals surface area contributed by atoms with Crippen LogP contribution in [0.2, 0.25) is 0 Å². The standard InChI is InChI=1S/C13H8F3N3O2S/c14-13(15,16)12(21)10(11(20)9-4-2-6-22-9)19-18-8-3-1-5-17-7-8/h1-7,20H/b11-10+,19-18?. The zero-order valence-electron chi connectivity index (χ0n) is 10.8. The Morgan fingerprint density at radius 3 is 2.59 bits per heavy atom. The van der Waals surface area contributed by atoms with Crippen molar-refractivity contribution >= 4 is 28.6 Å². The minimum atomic E-state index is -5.17. The SMILES string of the molecule is O=C(/C(N=Nc1cccnc1)=C(\O)c1cccs1)C(F)(F)F. The van der Waals surface area contributed by atoms with E-state index in [0.717, 1.165) is 11.3 Å². The van der Waals surface area contributed by atoms with E-state index in [9.17, 15) is 23.1 Å². The van der Waals surface area contributed by atoms with E-state index in [-0.39, 0.29) is 10.6 Å². The van der Waals surface area contributed by atoms with Crippen LogP contribution in [0, 0.1) is 0 Å². The molecule has 5 nitrogen and oxygen atoms in total. The predicted molar refractivity (Wildman–Crippen MR) is 73.7 cm³/mol. The number of rotatable bonds is 4. The highest BCUT2D eigenvalue weighted by atomic mass is 32.1. The van der Waals surface area contributed by atoms with Crippen LogP contribution in [0.1, 0.15) is 4.88 Å². The van der Waals surface area contributed by atoms with Gasteiger partial charge < -0.3 is 5.11 Å². The summed E-state index contributed by atoms with van der Waals surface area (Å²) in [7, 11) is 0. The average molecular weight is 327 g/mol. The fourth-order valence-corrected chi connectivity index (χ4v) is 2.05. The first-order valence-electron chi connectivity index (χ1n) is 5.80. The number of thiophene rings is 1. The lowest BCUT2D eigenvalue weighted by molar-refractivity contribution is -0.166. The van der Waals surface area contributed by atoms with E-state index in [0.29, 0.717) is 0 Å².